The molecular weight excluding hydrogens is 318 g/mol. The molecule has 1 atom stereocenters. The highest BCUT2D eigenvalue weighted by molar-refractivity contribution is 9.10. The number of hydrogen-bond donors (Lipinski definition) is 1. The number of nitrogens with one attached hydrogen (secondary N) is 1. The van der Waals surface area contributed by atoms with Gasteiger partial charge in [0.15, 0.2) is 0 Å². The average molecular weight is 336 g/mol. The maximum Gasteiger partial charge on any atom is 0.0443 e. The van der Waals surface area contributed by atoms with Crippen LogP contribution < -0.4 is 5.32 Å². The predicted octanol–water partition coefficient (Wildman–Crippen LogP) is 5.24. The molecule has 3 heteroatoms. The summed E-state index contributed by atoms with van der Waals surface area (Å²) in [7, 11) is 0. The van der Waals surface area contributed by atoms with Gasteiger partial charge in [0, 0.05) is 20.3 Å². The Morgan fingerprint density at radius 3 is 2.84 bits per heavy atom. The third-order valence-electron chi connectivity index (χ3n) is 3.56. The van der Waals surface area contributed by atoms with E-state index in [0.29, 0.717) is 6.04 Å². The zero-order valence-electron chi connectivity index (χ0n) is 11.0. The summed E-state index contributed by atoms with van der Waals surface area (Å²) in [6.45, 7) is 3.24. The molecule has 1 heterocycles. The molecule has 1 aromatic carbocycles. The Balaban J connectivity index is 1.85. The number of halogens is 1. The maximum absolute atomic E-state index is 3.64. The standard InChI is InChI=1S/C16H18BrNS/c1-2-18-16(11-6-7-11)15-9-8-14(19-15)12-4-3-5-13(17)10-12/h3-5,8-11,16,18H,2,6-7H2,1H3. The fourth-order valence-electron chi connectivity index (χ4n) is 2.47. The van der Waals surface area contributed by atoms with E-state index < -0.39 is 0 Å². The number of benzene rings is 1. The lowest BCUT2D eigenvalue weighted by atomic mass is 10.1. The van der Waals surface area contributed by atoms with Crippen molar-refractivity contribution in [1.82, 2.24) is 5.32 Å². The van der Waals surface area contributed by atoms with Crippen LogP contribution in [-0.4, -0.2) is 6.54 Å². The van der Waals surface area contributed by atoms with Crippen molar-refractivity contribution < 1.29 is 0 Å². The van der Waals surface area contributed by atoms with Crippen LogP contribution in [0.5, 0.6) is 0 Å². The lowest BCUT2D eigenvalue weighted by molar-refractivity contribution is 0.504. The number of rotatable bonds is 5. The Bertz CT molecular complexity index is 559. The molecule has 0 bridgehead atoms. The van der Waals surface area contributed by atoms with Gasteiger partial charge in [-0.1, -0.05) is 35.0 Å². The zero-order valence-corrected chi connectivity index (χ0v) is 13.4. The molecule has 1 unspecified atom stereocenters. The smallest absolute Gasteiger partial charge is 0.0443 e. The van der Waals surface area contributed by atoms with Crippen molar-refractivity contribution in [2.24, 2.45) is 5.92 Å². The van der Waals surface area contributed by atoms with Crippen LogP contribution in [-0.2, 0) is 0 Å². The maximum atomic E-state index is 3.64. The van der Waals surface area contributed by atoms with Crippen molar-refractivity contribution in [1.29, 1.82) is 0 Å². The average Bonchev–Trinajstić information content (AvgIpc) is 3.13. The Morgan fingerprint density at radius 1 is 1.32 bits per heavy atom. The van der Waals surface area contributed by atoms with Crippen LogP contribution in [0.1, 0.15) is 30.7 Å². The lowest BCUT2D eigenvalue weighted by Crippen LogP contribution is -2.21. The molecular formula is C16H18BrNS. The van der Waals surface area contributed by atoms with Gasteiger partial charge in [0.25, 0.3) is 0 Å². The van der Waals surface area contributed by atoms with Crippen LogP contribution in [0.3, 0.4) is 0 Å². The van der Waals surface area contributed by atoms with Gasteiger partial charge in [0.2, 0.25) is 0 Å². The molecule has 1 nitrogen and oxygen atoms in total. The summed E-state index contributed by atoms with van der Waals surface area (Å²) in [6, 6.07) is 13.7. The topological polar surface area (TPSA) is 12.0 Å². The minimum absolute atomic E-state index is 0.566. The van der Waals surface area contributed by atoms with Crippen LogP contribution in [0, 0.1) is 5.92 Å². The van der Waals surface area contributed by atoms with Gasteiger partial charge in [-0.2, -0.15) is 0 Å². The van der Waals surface area contributed by atoms with Crippen LogP contribution in [0.25, 0.3) is 10.4 Å². The second kappa shape index (κ2) is 5.78. The van der Waals surface area contributed by atoms with Gasteiger partial charge in [-0.25, -0.2) is 0 Å². The van der Waals surface area contributed by atoms with Crippen LogP contribution in [0.4, 0.5) is 0 Å². The first-order valence-corrected chi connectivity index (χ1v) is 8.48. The molecule has 1 aromatic heterocycles. The molecule has 0 spiro atoms. The quantitative estimate of drug-likeness (QED) is 0.787. The Labute approximate surface area is 127 Å². The lowest BCUT2D eigenvalue weighted by Gasteiger charge is -2.15. The Kier molecular flexibility index (Phi) is 4.06. The monoisotopic (exact) mass is 335 g/mol. The van der Waals surface area contributed by atoms with Crippen LogP contribution in [0.2, 0.25) is 0 Å². The van der Waals surface area contributed by atoms with Crippen molar-refractivity contribution in [2.75, 3.05) is 6.54 Å². The molecule has 0 saturated heterocycles. The van der Waals surface area contributed by atoms with E-state index in [0.717, 1.165) is 16.9 Å². The molecule has 2 aromatic rings. The van der Waals surface area contributed by atoms with Crippen molar-refractivity contribution >= 4 is 27.3 Å². The summed E-state index contributed by atoms with van der Waals surface area (Å²) < 4.78 is 1.14. The van der Waals surface area contributed by atoms with Gasteiger partial charge < -0.3 is 5.32 Å². The molecule has 0 aliphatic heterocycles. The Hall–Kier alpha value is -0.640. The summed E-state index contributed by atoms with van der Waals surface area (Å²) in [5.41, 5.74) is 1.30. The fraction of sp³-hybridized carbons (Fsp3) is 0.375. The molecule has 1 saturated carbocycles. The molecule has 1 N–H and O–H groups in total. The summed E-state index contributed by atoms with van der Waals surface area (Å²) in [6.07, 6.45) is 2.75. The highest BCUT2D eigenvalue weighted by Crippen LogP contribution is 2.44. The minimum Gasteiger partial charge on any atom is -0.309 e. The van der Waals surface area contributed by atoms with Crippen LogP contribution in [0.15, 0.2) is 40.9 Å². The minimum atomic E-state index is 0.566. The van der Waals surface area contributed by atoms with E-state index in [1.54, 1.807) is 0 Å². The summed E-state index contributed by atoms with van der Waals surface area (Å²) >= 11 is 5.47. The van der Waals surface area contributed by atoms with E-state index in [4.69, 9.17) is 0 Å². The third-order valence-corrected chi connectivity index (χ3v) is 5.27. The molecule has 0 radical (unpaired) electrons. The van der Waals surface area contributed by atoms with Crippen LogP contribution >= 0.6 is 27.3 Å². The highest BCUT2D eigenvalue weighted by atomic mass is 79.9. The largest absolute Gasteiger partial charge is 0.309 e. The first kappa shape index (κ1) is 13.3. The fourth-order valence-corrected chi connectivity index (χ4v) is 4.04. The van der Waals surface area contributed by atoms with Gasteiger partial charge in [-0.15, -0.1) is 11.3 Å². The number of hydrogen-bond acceptors (Lipinski definition) is 2. The third kappa shape index (κ3) is 3.10. The van der Waals surface area contributed by atoms with E-state index in [9.17, 15) is 0 Å². The van der Waals surface area contributed by atoms with Gasteiger partial charge in [-0.05, 0) is 55.1 Å². The zero-order chi connectivity index (χ0) is 13.2. The SMILES string of the molecule is CCNC(c1ccc(-c2cccc(Br)c2)s1)C1CC1. The van der Waals surface area contributed by atoms with E-state index in [1.807, 2.05) is 11.3 Å². The van der Waals surface area contributed by atoms with Gasteiger partial charge in [0.1, 0.15) is 0 Å². The van der Waals surface area contributed by atoms with Crippen molar-refractivity contribution in [2.45, 2.75) is 25.8 Å². The van der Waals surface area contributed by atoms with E-state index in [1.165, 1.54) is 28.2 Å². The van der Waals surface area contributed by atoms with Crippen molar-refractivity contribution in [3.8, 4) is 10.4 Å². The second-order valence-electron chi connectivity index (χ2n) is 5.09. The van der Waals surface area contributed by atoms with Crippen molar-refractivity contribution in [3.63, 3.8) is 0 Å². The second-order valence-corrected chi connectivity index (χ2v) is 7.12. The normalized spacial score (nSPS) is 16.5. The van der Waals surface area contributed by atoms with Gasteiger partial charge >= 0.3 is 0 Å². The van der Waals surface area contributed by atoms with E-state index in [-0.39, 0.29) is 0 Å². The molecule has 0 amide bonds. The van der Waals surface area contributed by atoms with Crippen molar-refractivity contribution in [3.05, 3.63) is 45.7 Å². The van der Waals surface area contributed by atoms with E-state index in [2.05, 4.69) is 64.6 Å². The predicted molar refractivity (Wildman–Crippen MR) is 86.6 cm³/mol. The van der Waals surface area contributed by atoms with Gasteiger partial charge in [0.05, 0.1) is 0 Å². The highest BCUT2D eigenvalue weighted by Gasteiger charge is 2.32. The molecule has 1 aliphatic carbocycles. The molecule has 1 aliphatic rings. The summed E-state index contributed by atoms with van der Waals surface area (Å²) in [4.78, 5) is 2.85. The van der Waals surface area contributed by atoms with E-state index >= 15 is 0 Å². The Morgan fingerprint density at radius 2 is 2.16 bits per heavy atom. The first-order valence-electron chi connectivity index (χ1n) is 6.87. The molecule has 1 fully saturated rings. The molecule has 100 valence electrons. The number of thiophene rings is 1. The molecule has 3 rings (SSSR count). The van der Waals surface area contributed by atoms with Gasteiger partial charge in [-0.3, -0.25) is 0 Å². The summed E-state index contributed by atoms with van der Waals surface area (Å²) in [5.74, 6) is 0.856. The first-order chi connectivity index (χ1) is 9.28. The molecule has 19 heavy (non-hydrogen) atoms. The summed E-state index contributed by atoms with van der Waals surface area (Å²) in [5, 5.41) is 3.64.